The van der Waals surface area contributed by atoms with Crippen molar-refractivity contribution in [3.05, 3.63) is 54.1 Å². The number of H-pyrrole nitrogens is 1. The molecule has 2 aromatic rings. The summed E-state index contributed by atoms with van der Waals surface area (Å²) in [5, 5.41) is 28.0. The molecule has 21 nitrogen and oxygen atoms in total. The second-order valence-electron chi connectivity index (χ2n) is 15.8. The highest BCUT2D eigenvalue weighted by Crippen LogP contribution is 2.12. The van der Waals surface area contributed by atoms with Gasteiger partial charge in [-0.05, 0) is 50.0 Å². The lowest BCUT2D eigenvalue weighted by Crippen LogP contribution is -2.60. The van der Waals surface area contributed by atoms with E-state index in [4.69, 9.17) is 11.5 Å². The van der Waals surface area contributed by atoms with Crippen molar-refractivity contribution in [2.75, 3.05) is 13.2 Å². The van der Waals surface area contributed by atoms with Gasteiger partial charge in [0.1, 0.15) is 42.5 Å². The molecule has 1 aromatic carbocycles. The molecular formula is C41H64N12O9. The zero-order chi connectivity index (χ0) is 46.4. The molecule has 0 saturated heterocycles. The summed E-state index contributed by atoms with van der Waals surface area (Å²) in [6, 6.07) is 0.562. The maximum absolute atomic E-state index is 14.2. The minimum Gasteiger partial charge on any atom is -0.394 e. The Morgan fingerprint density at radius 3 is 1.71 bits per heavy atom. The number of aromatic amines is 1. The number of aliphatic imine (C=N–C) groups is 1. The molecule has 13 N–H and O–H groups in total. The number of rotatable bonds is 27. The molecule has 1 aromatic heterocycles. The van der Waals surface area contributed by atoms with Gasteiger partial charge in [0.25, 0.3) is 0 Å². The maximum Gasteiger partial charge on any atom is 0.245 e. The number of nitrogens with one attached hydrogen (secondary N) is 8. The molecule has 62 heavy (non-hydrogen) atoms. The van der Waals surface area contributed by atoms with Crippen LogP contribution in [0.15, 0.2) is 47.8 Å². The Bertz CT molecular complexity index is 1800. The summed E-state index contributed by atoms with van der Waals surface area (Å²) >= 11 is 0. The Morgan fingerprint density at radius 2 is 1.23 bits per heavy atom. The van der Waals surface area contributed by atoms with E-state index in [0.717, 1.165) is 0 Å². The summed E-state index contributed by atoms with van der Waals surface area (Å²) in [5.41, 5.74) is 11.8. The van der Waals surface area contributed by atoms with Gasteiger partial charge in [0.05, 0.1) is 19.0 Å². The molecule has 0 fully saturated rings. The van der Waals surface area contributed by atoms with Crippen LogP contribution in [0.2, 0.25) is 0 Å². The molecule has 2 rings (SSSR count). The van der Waals surface area contributed by atoms with Crippen LogP contribution in [0.1, 0.15) is 78.5 Å². The first-order chi connectivity index (χ1) is 29.3. The lowest BCUT2D eigenvalue weighted by atomic mass is 9.99. The van der Waals surface area contributed by atoms with Crippen molar-refractivity contribution >= 4 is 53.6 Å². The Balaban J connectivity index is 2.32. The largest absolute Gasteiger partial charge is 0.394 e. The van der Waals surface area contributed by atoms with Crippen molar-refractivity contribution in [3.63, 3.8) is 0 Å². The van der Waals surface area contributed by atoms with Crippen molar-refractivity contribution in [2.24, 2.45) is 28.3 Å². The summed E-state index contributed by atoms with van der Waals surface area (Å²) in [7, 11) is 0. The first-order valence-corrected chi connectivity index (χ1v) is 20.5. The average molecular weight is 869 g/mol. The number of aliphatic hydroxyl groups is 1. The van der Waals surface area contributed by atoms with Gasteiger partial charge in [-0.15, -0.1) is 0 Å². The SMILES string of the molecule is CC(=O)N[C@@H](CO)C(=O)N[C@@H](Cc1cnc[nH]1)C(=O)N[C@@H](Cc1ccccc1)C(=O)N[C@@H](CC(C)C)C(=O)N[C@@H](CC(C)C)C(=O)N[C@@H](C)C(=O)N[C@H](C=O)CCCN=C(N)N. The summed E-state index contributed by atoms with van der Waals surface area (Å²) in [6.45, 7) is 9.47. The van der Waals surface area contributed by atoms with Crippen molar-refractivity contribution in [3.8, 4) is 0 Å². The lowest BCUT2D eigenvalue weighted by molar-refractivity contribution is -0.136. The number of aliphatic hydroxyl groups excluding tert-OH is 1. The van der Waals surface area contributed by atoms with Gasteiger partial charge in [-0.3, -0.25) is 38.6 Å². The number of carbonyl (C=O) groups excluding carboxylic acids is 8. The first kappa shape index (κ1) is 51.8. The number of hydrogen-bond donors (Lipinski definition) is 11. The molecule has 0 aliphatic rings. The highest BCUT2D eigenvalue weighted by Gasteiger charge is 2.34. The predicted molar refractivity (Wildman–Crippen MR) is 229 cm³/mol. The molecule has 21 heteroatoms. The fourth-order valence-electron chi connectivity index (χ4n) is 6.20. The van der Waals surface area contributed by atoms with E-state index in [2.05, 4.69) is 52.2 Å². The van der Waals surface area contributed by atoms with E-state index in [1.54, 1.807) is 30.3 Å². The Hall–Kier alpha value is -6.38. The highest BCUT2D eigenvalue weighted by molar-refractivity contribution is 5.97. The van der Waals surface area contributed by atoms with Crippen LogP contribution >= 0.6 is 0 Å². The van der Waals surface area contributed by atoms with Gasteiger partial charge in [-0.2, -0.15) is 0 Å². The fourth-order valence-corrected chi connectivity index (χ4v) is 6.20. The summed E-state index contributed by atoms with van der Waals surface area (Å²) in [6.07, 6.45) is 4.24. The van der Waals surface area contributed by atoms with Gasteiger partial charge >= 0.3 is 0 Å². The first-order valence-electron chi connectivity index (χ1n) is 20.5. The van der Waals surface area contributed by atoms with Crippen LogP contribution in [-0.2, 0) is 51.2 Å². The number of hydrogen-bond acceptors (Lipinski definition) is 11. The van der Waals surface area contributed by atoms with E-state index >= 15 is 0 Å². The molecule has 342 valence electrons. The second-order valence-corrected chi connectivity index (χ2v) is 15.8. The van der Waals surface area contributed by atoms with E-state index in [0.29, 0.717) is 24.0 Å². The van der Waals surface area contributed by atoms with Crippen molar-refractivity contribution < 1.29 is 43.5 Å². The average Bonchev–Trinajstić information content (AvgIpc) is 3.72. The van der Waals surface area contributed by atoms with Crippen LogP contribution in [0.5, 0.6) is 0 Å². The number of aromatic nitrogens is 2. The molecule has 0 unspecified atom stereocenters. The number of nitrogens with two attached hydrogens (primary N) is 2. The van der Waals surface area contributed by atoms with Crippen LogP contribution < -0.4 is 48.7 Å². The Morgan fingerprint density at radius 1 is 0.710 bits per heavy atom. The number of guanidine groups is 1. The summed E-state index contributed by atoms with van der Waals surface area (Å²) in [5.74, 6) is -5.26. The van der Waals surface area contributed by atoms with E-state index in [1.165, 1.54) is 26.4 Å². The molecule has 0 aliphatic carbocycles. The predicted octanol–water partition coefficient (Wildman–Crippen LogP) is -2.03. The number of nitrogens with zero attached hydrogens (tertiary/aromatic N) is 2. The monoisotopic (exact) mass is 868 g/mol. The van der Waals surface area contributed by atoms with Gasteiger partial charge in [0.2, 0.25) is 41.4 Å². The molecule has 7 amide bonds. The summed E-state index contributed by atoms with van der Waals surface area (Å²) in [4.78, 5) is 116. The molecule has 0 radical (unpaired) electrons. The minimum absolute atomic E-state index is 0.0239. The number of imidazole rings is 1. The van der Waals surface area contributed by atoms with Crippen LogP contribution in [0.25, 0.3) is 0 Å². The van der Waals surface area contributed by atoms with E-state index in [9.17, 15) is 43.5 Å². The molecule has 1 heterocycles. The Labute approximate surface area is 361 Å². The van der Waals surface area contributed by atoms with Gasteiger partial charge in [-0.1, -0.05) is 58.0 Å². The highest BCUT2D eigenvalue weighted by atomic mass is 16.3. The van der Waals surface area contributed by atoms with Crippen molar-refractivity contribution in [1.82, 2.24) is 47.2 Å². The van der Waals surface area contributed by atoms with Crippen LogP contribution in [0, 0.1) is 11.8 Å². The van der Waals surface area contributed by atoms with Gasteiger partial charge in [0, 0.05) is 38.2 Å². The molecule has 0 spiro atoms. The van der Waals surface area contributed by atoms with Crippen LogP contribution in [0.3, 0.4) is 0 Å². The maximum atomic E-state index is 14.2. The van der Waals surface area contributed by atoms with Gasteiger partial charge in [-0.25, -0.2) is 4.98 Å². The molecular weight excluding hydrogens is 805 g/mol. The zero-order valence-corrected chi connectivity index (χ0v) is 36.2. The van der Waals surface area contributed by atoms with Crippen molar-refractivity contribution in [1.29, 1.82) is 0 Å². The zero-order valence-electron chi connectivity index (χ0n) is 36.2. The third-order valence-corrected chi connectivity index (χ3v) is 9.30. The van der Waals surface area contributed by atoms with Crippen LogP contribution in [0.4, 0.5) is 0 Å². The molecule has 0 saturated carbocycles. The topological polar surface area (TPSA) is 334 Å². The molecule has 0 aliphatic heterocycles. The number of amides is 7. The number of benzene rings is 1. The third kappa shape index (κ3) is 19.3. The van der Waals surface area contributed by atoms with Crippen molar-refractivity contribution in [2.45, 2.75) is 122 Å². The minimum atomic E-state index is -1.36. The quantitative estimate of drug-likeness (QED) is 0.0200. The standard InChI is InChI=1S/C41H64N12O9/c1-23(2)15-30(36(58)47-25(5)35(57)49-28(20-54)13-10-14-45-41(42)43)50-37(59)31(16-24(3)4)51-38(60)32(17-27-11-8-7-9-12-27)52-39(61)33(18-29-19-44-22-46-29)53-40(62)34(21-55)48-26(6)56/h7-9,11-12,19-20,22-25,28,30-34,55H,10,13-18,21H2,1-6H3,(H,44,46)(H,47,58)(H,48,56)(H,49,57)(H,50,59)(H,51,60)(H,52,61)(H,53,62)(H4,42,43,45)/t25-,28-,30-,31-,32-,33-,34-/m0/s1. The normalized spacial score (nSPS) is 14.4. The smallest absolute Gasteiger partial charge is 0.245 e. The lowest BCUT2D eigenvalue weighted by Gasteiger charge is -2.28. The summed E-state index contributed by atoms with van der Waals surface area (Å²) < 4.78 is 0. The number of carbonyl (C=O) groups is 8. The second kappa shape index (κ2) is 26.7. The third-order valence-electron chi connectivity index (χ3n) is 9.30. The van der Waals surface area contributed by atoms with E-state index < -0.39 is 90.3 Å². The fraction of sp³-hybridized carbons (Fsp3) is 0.561. The van der Waals surface area contributed by atoms with Crippen LogP contribution in [-0.4, -0.2) is 124 Å². The van der Waals surface area contributed by atoms with Gasteiger partial charge < -0.3 is 63.6 Å². The van der Waals surface area contributed by atoms with E-state index in [1.807, 2.05) is 27.7 Å². The van der Waals surface area contributed by atoms with E-state index in [-0.39, 0.29) is 56.4 Å². The van der Waals surface area contributed by atoms with Gasteiger partial charge in [0.15, 0.2) is 5.96 Å². The molecule has 7 atom stereocenters. The number of aldehydes is 1. The Kier molecular flexibility index (Phi) is 22.3. The molecule has 0 bridgehead atoms.